The third kappa shape index (κ3) is 1.16. The number of hydrogen-bond acceptors (Lipinski definition) is 3. The SMILES string of the molecule is CC1CC2(C1)NC(C)C(=O)NC2=O. The zero-order valence-electron chi connectivity index (χ0n) is 7.89. The predicted molar refractivity (Wildman–Crippen MR) is 46.9 cm³/mol. The van der Waals surface area contributed by atoms with Crippen LogP contribution in [0.5, 0.6) is 0 Å². The van der Waals surface area contributed by atoms with Crippen molar-refractivity contribution in [3.05, 3.63) is 0 Å². The largest absolute Gasteiger partial charge is 0.293 e. The molecule has 2 fully saturated rings. The third-order valence-corrected chi connectivity index (χ3v) is 2.95. The molecule has 0 radical (unpaired) electrons. The van der Waals surface area contributed by atoms with Crippen molar-refractivity contribution in [3.8, 4) is 0 Å². The molecule has 1 saturated carbocycles. The van der Waals surface area contributed by atoms with E-state index >= 15 is 0 Å². The first kappa shape index (κ1) is 8.69. The summed E-state index contributed by atoms with van der Waals surface area (Å²) in [6.45, 7) is 3.90. The molecular weight excluding hydrogens is 168 g/mol. The first-order chi connectivity index (χ1) is 6.03. The summed E-state index contributed by atoms with van der Waals surface area (Å²) in [6, 6.07) is -0.245. The minimum absolute atomic E-state index is 0.145. The minimum Gasteiger partial charge on any atom is -0.293 e. The first-order valence-corrected chi connectivity index (χ1v) is 4.66. The fraction of sp³-hybridized carbons (Fsp3) is 0.778. The van der Waals surface area contributed by atoms with E-state index in [4.69, 9.17) is 0 Å². The monoisotopic (exact) mass is 182 g/mol. The van der Waals surface area contributed by atoms with Crippen LogP contribution in [0.25, 0.3) is 0 Å². The summed E-state index contributed by atoms with van der Waals surface area (Å²) < 4.78 is 0. The molecule has 72 valence electrons. The average Bonchev–Trinajstić information content (AvgIpc) is 1.98. The maximum absolute atomic E-state index is 11.5. The van der Waals surface area contributed by atoms with Gasteiger partial charge in [-0.05, 0) is 25.7 Å². The van der Waals surface area contributed by atoms with Crippen LogP contribution in [-0.2, 0) is 9.59 Å². The summed E-state index contributed by atoms with van der Waals surface area (Å²) in [5.74, 6) is 0.225. The second-order valence-corrected chi connectivity index (χ2v) is 4.28. The second-order valence-electron chi connectivity index (χ2n) is 4.28. The van der Waals surface area contributed by atoms with E-state index in [0.29, 0.717) is 5.92 Å². The van der Waals surface area contributed by atoms with E-state index in [2.05, 4.69) is 17.6 Å². The number of carbonyl (C=O) groups is 2. The van der Waals surface area contributed by atoms with Gasteiger partial charge < -0.3 is 0 Å². The number of amides is 2. The lowest BCUT2D eigenvalue weighted by Gasteiger charge is -2.49. The van der Waals surface area contributed by atoms with Crippen molar-refractivity contribution in [2.24, 2.45) is 5.92 Å². The van der Waals surface area contributed by atoms with E-state index in [1.165, 1.54) is 0 Å². The Morgan fingerprint density at radius 1 is 1.31 bits per heavy atom. The molecule has 1 spiro atoms. The summed E-state index contributed by atoms with van der Waals surface area (Å²) in [7, 11) is 0. The van der Waals surface area contributed by atoms with Crippen LogP contribution < -0.4 is 10.6 Å². The third-order valence-electron chi connectivity index (χ3n) is 2.95. The van der Waals surface area contributed by atoms with Gasteiger partial charge in [-0.3, -0.25) is 20.2 Å². The molecule has 2 amide bonds. The Hall–Kier alpha value is -0.900. The van der Waals surface area contributed by atoms with Crippen LogP contribution in [0.3, 0.4) is 0 Å². The summed E-state index contributed by atoms with van der Waals surface area (Å²) >= 11 is 0. The summed E-state index contributed by atoms with van der Waals surface area (Å²) in [5, 5.41) is 5.50. The van der Waals surface area contributed by atoms with Gasteiger partial charge >= 0.3 is 0 Å². The quantitative estimate of drug-likeness (QED) is 0.510. The molecule has 2 N–H and O–H groups in total. The topological polar surface area (TPSA) is 58.2 Å². The lowest BCUT2D eigenvalue weighted by atomic mass is 9.67. The summed E-state index contributed by atoms with van der Waals surface area (Å²) in [4.78, 5) is 22.6. The fourth-order valence-corrected chi connectivity index (χ4v) is 2.32. The van der Waals surface area contributed by atoms with Crippen LogP contribution in [0.1, 0.15) is 26.7 Å². The van der Waals surface area contributed by atoms with Gasteiger partial charge in [0.25, 0.3) is 0 Å². The fourth-order valence-electron chi connectivity index (χ4n) is 2.32. The molecule has 1 saturated heterocycles. The highest BCUT2D eigenvalue weighted by Crippen LogP contribution is 2.39. The molecular formula is C9H14N2O2. The van der Waals surface area contributed by atoms with Crippen LogP contribution in [0.4, 0.5) is 0 Å². The lowest BCUT2D eigenvalue weighted by Crippen LogP contribution is -2.73. The van der Waals surface area contributed by atoms with E-state index in [1.54, 1.807) is 6.92 Å². The predicted octanol–water partition coefficient (Wildman–Crippen LogP) is -0.210. The molecule has 1 atom stereocenters. The van der Waals surface area contributed by atoms with Crippen LogP contribution in [0, 0.1) is 5.92 Å². The molecule has 4 heteroatoms. The van der Waals surface area contributed by atoms with E-state index in [-0.39, 0.29) is 17.9 Å². The molecule has 1 heterocycles. The van der Waals surface area contributed by atoms with Gasteiger partial charge in [0.15, 0.2) is 0 Å². The highest BCUT2D eigenvalue weighted by atomic mass is 16.2. The Morgan fingerprint density at radius 2 is 1.92 bits per heavy atom. The van der Waals surface area contributed by atoms with Gasteiger partial charge in [-0.15, -0.1) is 0 Å². The highest BCUT2D eigenvalue weighted by Gasteiger charge is 2.52. The van der Waals surface area contributed by atoms with Gasteiger partial charge in [-0.2, -0.15) is 0 Å². The van der Waals surface area contributed by atoms with Crippen molar-refractivity contribution in [3.63, 3.8) is 0 Å². The average molecular weight is 182 g/mol. The van der Waals surface area contributed by atoms with Crippen LogP contribution >= 0.6 is 0 Å². The summed E-state index contributed by atoms with van der Waals surface area (Å²) in [5.41, 5.74) is -0.438. The number of carbonyl (C=O) groups excluding carboxylic acids is 2. The first-order valence-electron chi connectivity index (χ1n) is 4.66. The van der Waals surface area contributed by atoms with E-state index in [0.717, 1.165) is 12.8 Å². The van der Waals surface area contributed by atoms with Crippen LogP contribution in [-0.4, -0.2) is 23.4 Å². The molecule has 1 aliphatic carbocycles. The smallest absolute Gasteiger partial charge is 0.246 e. The Bertz CT molecular complexity index is 269. The van der Waals surface area contributed by atoms with Crippen molar-refractivity contribution in [1.29, 1.82) is 0 Å². The van der Waals surface area contributed by atoms with E-state index < -0.39 is 5.54 Å². The number of imide groups is 1. The van der Waals surface area contributed by atoms with Gasteiger partial charge in [0, 0.05) is 0 Å². The number of piperazine rings is 1. The van der Waals surface area contributed by atoms with Gasteiger partial charge in [0.05, 0.1) is 11.6 Å². The van der Waals surface area contributed by atoms with E-state index in [9.17, 15) is 9.59 Å². The van der Waals surface area contributed by atoms with Gasteiger partial charge in [0.1, 0.15) is 0 Å². The van der Waals surface area contributed by atoms with E-state index in [1.807, 2.05) is 0 Å². The Morgan fingerprint density at radius 3 is 2.46 bits per heavy atom. The van der Waals surface area contributed by atoms with Crippen LogP contribution in [0.2, 0.25) is 0 Å². The zero-order valence-corrected chi connectivity index (χ0v) is 7.89. The van der Waals surface area contributed by atoms with Crippen LogP contribution in [0.15, 0.2) is 0 Å². The number of nitrogens with one attached hydrogen (secondary N) is 2. The molecule has 0 aromatic carbocycles. The van der Waals surface area contributed by atoms with Crippen molar-refractivity contribution in [2.75, 3.05) is 0 Å². The molecule has 2 rings (SSSR count). The molecule has 1 aliphatic heterocycles. The van der Waals surface area contributed by atoms with Crippen molar-refractivity contribution in [1.82, 2.24) is 10.6 Å². The van der Waals surface area contributed by atoms with Crippen molar-refractivity contribution >= 4 is 11.8 Å². The summed E-state index contributed by atoms with van der Waals surface area (Å²) in [6.07, 6.45) is 1.69. The molecule has 4 nitrogen and oxygen atoms in total. The Kier molecular flexibility index (Phi) is 1.70. The highest BCUT2D eigenvalue weighted by molar-refractivity contribution is 6.05. The number of rotatable bonds is 0. The van der Waals surface area contributed by atoms with Crippen molar-refractivity contribution in [2.45, 2.75) is 38.3 Å². The van der Waals surface area contributed by atoms with Crippen molar-refractivity contribution < 1.29 is 9.59 Å². The standard InChI is InChI=1S/C9H14N2O2/c1-5-3-9(4-5)8(13)10-7(12)6(2)11-9/h5-6,11H,3-4H2,1-2H3,(H,10,12,13). The van der Waals surface area contributed by atoms with Gasteiger partial charge in [0.2, 0.25) is 11.8 Å². The number of hydrogen-bond donors (Lipinski definition) is 2. The minimum atomic E-state index is -0.438. The molecule has 0 aromatic heterocycles. The van der Waals surface area contributed by atoms with Gasteiger partial charge in [-0.25, -0.2) is 0 Å². The zero-order chi connectivity index (χ0) is 9.64. The molecule has 13 heavy (non-hydrogen) atoms. The molecule has 2 aliphatic rings. The normalized spacial score (nSPS) is 44.5. The maximum atomic E-state index is 11.5. The Labute approximate surface area is 77.1 Å². The molecule has 1 unspecified atom stereocenters. The second kappa shape index (κ2) is 2.54. The molecule has 0 bridgehead atoms. The van der Waals surface area contributed by atoms with Gasteiger partial charge in [-0.1, -0.05) is 6.92 Å². The molecule has 0 aromatic rings. The lowest BCUT2D eigenvalue weighted by molar-refractivity contribution is -0.145. The maximum Gasteiger partial charge on any atom is 0.246 e. The Balaban J connectivity index is 2.14.